The summed E-state index contributed by atoms with van der Waals surface area (Å²) < 4.78 is 96.3. The summed E-state index contributed by atoms with van der Waals surface area (Å²) in [6.45, 7) is 5.00. The van der Waals surface area contributed by atoms with Crippen molar-refractivity contribution in [3.63, 3.8) is 0 Å². The van der Waals surface area contributed by atoms with E-state index in [0.29, 0.717) is 41.1 Å². The lowest BCUT2D eigenvalue weighted by atomic mass is 9.90. The molecule has 0 radical (unpaired) electrons. The molecular formula is C37H36N2O9S3. The van der Waals surface area contributed by atoms with Gasteiger partial charge in [-0.2, -0.15) is 25.3 Å². The summed E-state index contributed by atoms with van der Waals surface area (Å²) in [7, 11) is -12.7. The van der Waals surface area contributed by atoms with Crippen LogP contribution in [0, 0.1) is 0 Å². The molecule has 0 amide bonds. The zero-order valence-corrected chi connectivity index (χ0v) is 30.2. The molecule has 0 bridgehead atoms. The van der Waals surface area contributed by atoms with Gasteiger partial charge < -0.3 is 4.90 Å². The summed E-state index contributed by atoms with van der Waals surface area (Å²) in [5.41, 5.74) is 5.37. The molecule has 5 rings (SSSR count). The van der Waals surface area contributed by atoms with Crippen LogP contribution in [-0.2, 0) is 47.6 Å². The predicted molar refractivity (Wildman–Crippen MR) is 196 cm³/mol. The van der Waals surface area contributed by atoms with Gasteiger partial charge in [-0.1, -0.05) is 66.7 Å². The topological polar surface area (TPSA) is 168 Å². The van der Waals surface area contributed by atoms with Crippen molar-refractivity contribution in [3.05, 3.63) is 149 Å². The van der Waals surface area contributed by atoms with Gasteiger partial charge in [-0.15, -0.1) is 0 Å². The summed E-state index contributed by atoms with van der Waals surface area (Å²) in [5.74, 6) is 0. The first-order chi connectivity index (χ1) is 24.2. The van der Waals surface area contributed by atoms with Crippen LogP contribution in [0.1, 0.15) is 36.1 Å². The molecule has 0 fully saturated rings. The summed E-state index contributed by atoms with van der Waals surface area (Å²) >= 11 is 0. The van der Waals surface area contributed by atoms with E-state index >= 15 is 0 Å². The third-order valence-electron chi connectivity index (χ3n) is 8.02. The molecule has 0 aromatic heterocycles. The van der Waals surface area contributed by atoms with Gasteiger partial charge in [0.1, 0.15) is 4.90 Å². The van der Waals surface area contributed by atoms with Crippen molar-refractivity contribution in [2.75, 3.05) is 18.1 Å². The van der Waals surface area contributed by atoms with Gasteiger partial charge in [0, 0.05) is 24.3 Å². The highest BCUT2D eigenvalue weighted by molar-refractivity contribution is 7.87. The number of anilines is 1. The molecule has 266 valence electrons. The van der Waals surface area contributed by atoms with Crippen molar-refractivity contribution in [2.45, 2.75) is 41.6 Å². The fourth-order valence-corrected chi connectivity index (χ4v) is 7.58. The van der Waals surface area contributed by atoms with E-state index in [1.54, 1.807) is 55.5 Å². The summed E-state index contributed by atoms with van der Waals surface area (Å²) in [6.07, 6.45) is 7.21. The minimum Gasteiger partial charge on any atom is -0.367 e. The first kappa shape index (κ1) is 37.6. The lowest BCUT2D eigenvalue weighted by molar-refractivity contribution is 0.338. The van der Waals surface area contributed by atoms with Crippen molar-refractivity contribution < 1.29 is 38.5 Å². The Labute approximate surface area is 298 Å². The van der Waals surface area contributed by atoms with Crippen molar-refractivity contribution in [2.24, 2.45) is 4.99 Å². The fourth-order valence-electron chi connectivity index (χ4n) is 5.49. The normalized spacial score (nSPS) is 13.3. The predicted octanol–water partition coefficient (Wildman–Crippen LogP) is 6.50. The molecule has 14 heteroatoms. The molecule has 2 N–H and O–H groups in total. The van der Waals surface area contributed by atoms with Crippen molar-refractivity contribution >= 4 is 47.3 Å². The lowest BCUT2D eigenvalue weighted by Crippen LogP contribution is -2.22. The molecule has 4 aromatic rings. The second kappa shape index (κ2) is 15.7. The third-order valence-corrected chi connectivity index (χ3v) is 11.2. The van der Waals surface area contributed by atoms with E-state index in [1.165, 1.54) is 36.4 Å². The van der Waals surface area contributed by atoms with Gasteiger partial charge in [0.05, 0.1) is 28.7 Å². The Kier molecular flexibility index (Phi) is 11.5. The summed E-state index contributed by atoms with van der Waals surface area (Å²) in [6, 6.07) is 26.0. The van der Waals surface area contributed by atoms with E-state index in [0.717, 1.165) is 16.8 Å². The second-order valence-electron chi connectivity index (χ2n) is 11.4. The number of allylic oxidation sites excluding steroid dienone is 5. The number of nitrogens with zero attached hydrogens (tertiary/aromatic N) is 2. The first-order valence-corrected chi connectivity index (χ1v) is 20.1. The quantitative estimate of drug-likeness (QED) is 0.114. The monoisotopic (exact) mass is 748 g/mol. The first-order valence-electron chi connectivity index (χ1n) is 15.8. The Morgan fingerprint density at radius 3 is 1.84 bits per heavy atom. The van der Waals surface area contributed by atoms with E-state index in [4.69, 9.17) is 4.18 Å². The Morgan fingerprint density at radius 2 is 1.27 bits per heavy atom. The number of benzene rings is 4. The van der Waals surface area contributed by atoms with Crippen molar-refractivity contribution in [3.8, 4) is 0 Å². The number of hydrogen-bond acceptors (Lipinski definition) is 9. The maximum atomic E-state index is 12.5. The largest absolute Gasteiger partial charge is 0.367 e. The smallest absolute Gasteiger partial charge is 0.296 e. The summed E-state index contributed by atoms with van der Waals surface area (Å²) in [5, 5.41) is 0. The Morgan fingerprint density at radius 1 is 0.686 bits per heavy atom. The highest BCUT2D eigenvalue weighted by Crippen LogP contribution is 2.35. The number of hydrogen-bond donors (Lipinski definition) is 2. The highest BCUT2D eigenvalue weighted by Gasteiger charge is 2.21. The summed E-state index contributed by atoms with van der Waals surface area (Å²) in [4.78, 5) is 6.34. The van der Waals surface area contributed by atoms with E-state index in [9.17, 15) is 34.4 Å². The molecule has 1 aliphatic carbocycles. The molecule has 51 heavy (non-hydrogen) atoms. The van der Waals surface area contributed by atoms with Crippen LogP contribution in [0.15, 0.2) is 147 Å². The minimum absolute atomic E-state index is 0.0416. The molecule has 0 saturated heterocycles. The number of aliphatic imine (C=N–C) groups is 1. The molecule has 4 aromatic carbocycles. The van der Waals surface area contributed by atoms with Gasteiger partial charge in [0.15, 0.2) is 0 Å². The molecule has 0 unspecified atom stereocenters. The average molecular weight is 749 g/mol. The third kappa shape index (κ3) is 9.35. The van der Waals surface area contributed by atoms with Crippen LogP contribution in [0.3, 0.4) is 0 Å². The molecule has 0 aliphatic heterocycles. The van der Waals surface area contributed by atoms with Gasteiger partial charge in [-0.3, -0.25) is 18.3 Å². The van der Waals surface area contributed by atoms with Crippen molar-refractivity contribution in [1.82, 2.24) is 0 Å². The van der Waals surface area contributed by atoms with Gasteiger partial charge in [-0.05, 0) is 96.3 Å². The van der Waals surface area contributed by atoms with Crippen LogP contribution in [0.2, 0.25) is 0 Å². The van der Waals surface area contributed by atoms with Gasteiger partial charge in [0.2, 0.25) is 0 Å². The van der Waals surface area contributed by atoms with Crippen molar-refractivity contribution in [1.29, 1.82) is 0 Å². The standard InChI is InChI=1S/C37H36N2O9S3/c1-3-39(26-28-11-21-33(22-12-28)49(40,41)42)32-19-15-30(16-20-32)37(35-7-5-6-8-36(35)50(43,44)45)29-13-17-31(18-14-29)38-25-27-9-23-34(24-10-27)51(46,47)48-4-2/h5-24H,3-4,25-26H2,1-2H3,(H,40,41,42)(H,43,44,45). The van der Waals surface area contributed by atoms with Crippen LogP contribution in [0.5, 0.6) is 0 Å². The van der Waals surface area contributed by atoms with Crippen LogP contribution < -0.4 is 4.90 Å². The molecule has 1 aliphatic rings. The van der Waals surface area contributed by atoms with Gasteiger partial charge in [-0.25, -0.2) is 0 Å². The SMILES string of the molecule is CCOS(=O)(=O)c1ccc(CN=C2C=CC(=C(c3ccc(N(CC)Cc4ccc(S(=O)(=O)O)cc4)cc3)c3ccccc3S(=O)(=O)O)C=C2)cc1. The zero-order valence-electron chi connectivity index (χ0n) is 27.7. The lowest BCUT2D eigenvalue weighted by Gasteiger charge is -2.24. The molecule has 11 nitrogen and oxygen atoms in total. The Bertz CT molecular complexity index is 2330. The molecule has 0 spiro atoms. The van der Waals surface area contributed by atoms with E-state index in [-0.39, 0.29) is 27.8 Å². The van der Waals surface area contributed by atoms with Crippen LogP contribution >= 0.6 is 0 Å². The molecule has 0 atom stereocenters. The van der Waals surface area contributed by atoms with Crippen LogP contribution in [0.25, 0.3) is 5.57 Å². The van der Waals surface area contributed by atoms with E-state index < -0.39 is 30.4 Å². The highest BCUT2D eigenvalue weighted by atomic mass is 32.2. The zero-order chi connectivity index (χ0) is 36.8. The average Bonchev–Trinajstić information content (AvgIpc) is 3.10. The molecule has 0 heterocycles. The maximum absolute atomic E-state index is 12.5. The number of rotatable bonds is 13. The van der Waals surface area contributed by atoms with Gasteiger partial charge in [0.25, 0.3) is 30.4 Å². The minimum atomic E-state index is -4.58. The van der Waals surface area contributed by atoms with E-state index in [2.05, 4.69) is 9.89 Å². The van der Waals surface area contributed by atoms with Gasteiger partial charge >= 0.3 is 0 Å². The Balaban J connectivity index is 1.44. The second-order valence-corrected chi connectivity index (χ2v) is 15.8. The van der Waals surface area contributed by atoms with Crippen LogP contribution in [-0.4, -0.2) is 53.2 Å². The van der Waals surface area contributed by atoms with E-state index in [1.807, 2.05) is 43.3 Å². The molecular weight excluding hydrogens is 713 g/mol. The molecule has 0 saturated carbocycles. The fraction of sp³-hybridized carbons (Fsp3) is 0.162. The maximum Gasteiger partial charge on any atom is 0.296 e. The Hall–Kier alpha value is -4.70. The van der Waals surface area contributed by atoms with Crippen LogP contribution in [0.4, 0.5) is 5.69 Å².